The number of benzene rings is 2. The van der Waals surface area contributed by atoms with E-state index in [1.807, 2.05) is 49.7 Å². The number of amidine groups is 1. The summed E-state index contributed by atoms with van der Waals surface area (Å²) in [4.78, 5) is 12.0. The fraction of sp³-hybridized carbons (Fsp3) is 0.312. The molecule has 0 amide bonds. The van der Waals surface area contributed by atoms with Crippen LogP contribution in [0, 0.1) is 24.6 Å². The lowest BCUT2D eigenvalue weighted by Crippen LogP contribution is -2.32. The van der Waals surface area contributed by atoms with Gasteiger partial charge in [-0.25, -0.2) is 14.4 Å². The molecule has 39 heavy (non-hydrogen) atoms. The fourth-order valence-electron chi connectivity index (χ4n) is 4.87. The number of aliphatic imine (C=N–C) groups is 1. The zero-order chi connectivity index (χ0) is 27.5. The van der Waals surface area contributed by atoms with Crippen LogP contribution < -0.4 is 10.5 Å². The minimum atomic E-state index is -0.306. The first kappa shape index (κ1) is 26.9. The van der Waals surface area contributed by atoms with Crippen LogP contribution in [0.5, 0.6) is 11.5 Å². The van der Waals surface area contributed by atoms with Crippen LogP contribution in [-0.2, 0) is 12.8 Å². The summed E-state index contributed by atoms with van der Waals surface area (Å²) in [7, 11) is 0. The zero-order valence-electron chi connectivity index (χ0n) is 22.8. The number of aryl methyl sites for hydroxylation is 3. The third-order valence-electron chi connectivity index (χ3n) is 7.29. The second-order valence-corrected chi connectivity index (χ2v) is 11.6. The van der Waals surface area contributed by atoms with Gasteiger partial charge in [0.25, 0.3) is 0 Å². The van der Waals surface area contributed by atoms with Crippen molar-refractivity contribution in [1.82, 2.24) is 9.88 Å². The van der Waals surface area contributed by atoms with E-state index in [0.717, 1.165) is 65.2 Å². The van der Waals surface area contributed by atoms with Crippen LogP contribution in [-0.4, -0.2) is 15.7 Å². The molecule has 2 heterocycles. The van der Waals surface area contributed by atoms with Gasteiger partial charge in [-0.2, -0.15) is 0 Å². The van der Waals surface area contributed by atoms with Gasteiger partial charge in [-0.1, -0.05) is 32.6 Å². The van der Waals surface area contributed by atoms with Crippen LogP contribution in [0.15, 0.2) is 84.0 Å². The molecule has 7 heteroatoms. The maximum absolute atomic E-state index is 14.4. The Kier molecular flexibility index (Phi) is 7.98. The summed E-state index contributed by atoms with van der Waals surface area (Å²) in [5.74, 6) is 2.06. The van der Waals surface area contributed by atoms with Gasteiger partial charge in [0, 0.05) is 35.2 Å². The molecule has 202 valence electrons. The van der Waals surface area contributed by atoms with E-state index in [4.69, 9.17) is 10.5 Å². The van der Waals surface area contributed by atoms with E-state index in [-0.39, 0.29) is 11.7 Å². The number of halogens is 1. The molecule has 2 aromatic carbocycles. The molecule has 1 atom stereocenters. The molecule has 1 saturated carbocycles. The molecule has 2 N–H and O–H groups in total. The zero-order valence-corrected chi connectivity index (χ0v) is 23.6. The first-order valence-electron chi connectivity index (χ1n) is 13.5. The Labute approximate surface area is 234 Å². The van der Waals surface area contributed by atoms with Crippen molar-refractivity contribution in [3.63, 3.8) is 0 Å². The normalized spacial score (nSPS) is 17.1. The predicted molar refractivity (Wildman–Crippen MR) is 158 cm³/mol. The molecule has 2 aliphatic rings. The van der Waals surface area contributed by atoms with E-state index in [9.17, 15) is 4.39 Å². The number of allylic oxidation sites excluding steroid dienone is 2. The van der Waals surface area contributed by atoms with Crippen LogP contribution in [0.3, 0.4) is 0 Å². The topological polar surface area (TPSA) is 63.7 Å². The van der Waals surface area contributed by atoms with Crippen LogP contribution in [0.2, 0.25) is 0 Å². The lowest BCUT2D eigenvalue weighted by molar-refractivity contribution is 0.475. The quantitative estimate of drug-likeness (QED) is 0.282. The molecule has 1 aliphatic carbocycles. The van der Waals surface area contributed by atoms with E-state index in [1.54, 1.807) is 23.6 Å². The van der Waals surface area contributed by atoms with Gasteiger partial charge < -0.3 is 15.4 Å². The number of thiazole rings is 1. The minimum Gasteiger partial charge on any atom is -0.457 e. The Morgan fingerprint density at radius 3 is 2.62 bits per heavy atom. The maximum atomic E-state index is 14.4. The van der Waals surface area contributed by atoms with E-state index >= 15 is 0 Å². The van der Waals surface area contributed by atoms with Crippen LogP contribution >= 0.6 is 11.3 Å². The van der Waals surface area contributed by atoms with Gasteiger partial charge >= 0.3 is 0 Å². The van der Waals surface area contributed by atoms with Gasteiger partial charge in [-0.05, 0) is 91.8 Å². The number of ether oxygens (including phenoxy) is 1. The first-order chi connectivity index (χ1) is 18.8. The Morgan fingerprint density at radius 2 is 1.95 bits per heavy atom. The van der Waals surface area contributed by atoms with Gasteiger partial charge in [-0.3, -0.25) is 0 Å². The van der Waals surface area contributed by atoms with E-state index < -0.39 is 0 Å². The maximum Gasteiger partial charge on any atom is 0.148 e. The Hall–Kier alpha value is -3.71. The highest BCUT2D eigenvalue weighted by Gasteiger charge is 2.32. The van der Waals surface area contributed by atoms with Crippen LogP contribution in [0.25, 0.3) is 5.57 Å². The second-order valence-electron chi connectivity index (χ2n) is 10.3. The largest absolute Gasteiger partial charge is 0.457 e. The van der Waals surface area contributed by atoms with Crippen molar-refractivity contribution in [2.75, 3.05) is 0 Å². The summed E-state index contributed by atoms with van der Waals surface area (Å²) in [5, 5.41) is 1.04. The van der Waals surface area contributed by atoms with Crippen LogP contribution in [0.1, 0.15) is 54.1 Å². The summed E-state index contributed by atoms with van der Waals surface area (Å²) < 4.78 is 20.5. The van der Waals surface area contributed by atoms with Crippen molar-refractivity contribution in [3.05, 3.63) is 106 Å². The lowest BCUT2D eigenvalue weighted by atomic mass is 9.89. The highest BCUT2D eigenvalue weighted by molar-refractivity contribution is 7.11. The summed E-state index contributed by atoms with van der Waals surface area (Å²) in [5.41, 5.74) is 11.5. The molecular weight excluding hydrogens is 507 g/mol. The lowest BCUT2D eigenvalue weighted by Gasteiger charge is -2.32. The summed E-state index contributed by atoms with van der Waals surface area (Å²) in [6.07, 6.45) is 10.4. The molecule has 1 unspecified atom stereocenters. The van der Waals surface area contributed by atoms with E-state index in [0.29, 0.717) is 23.3 Å². The monoisotopic (exact) mass is 542 g/mol. The Bertz CT molecular complexity index is 1450. The Morgan fingerprint density at radius 1 is 1.18 bits per heavy atom. The van der Waals surface area contributed by atoms with Crippen molar-refractivity contribution in [1.29, 1.82) is 0 Å². The van der Waals surface area contributed by atoms with Crippen molar-refractivity contribution < 1.29 is 9.13 Å². The van der Waals surface area contributed by atoms with Crippen LogP contribution in [0.4, 0.5) is 4.39 Å². The standard InChI is InChI=1S/C32H35FN4OS/c1-5-20(2)30(31-32(34)35-14-15-37(31)21(3)24-7-8-24)25-9-11-27(12-10-25)38-28-17-23(16-26(33)18-28)6-13-29-19-36-22(4)39-29/h9-12,14-20,24H,3,5-8,13H2,1-2,4H3,(H2,34,35)/b31-30+. The smallest absolute Gasteiger partial charge is 0.148 e. The average Bonchev–Trinajstić information content (AvgIpc) is 3.69. The Balaban J connectivity index is 1.39. The molecule has 3 aromatic rings. The molecule has 5 nitrogen and oxygen atoms in total. The van der Waals surface area contributed by atoms with Gasteiger partial charge in [0.05, 0.1) is 10.7 Å². The minimum absolute atomic E-state index is 0.245. The molecule has 5 rings (SSSR count). The van der Waals surface area contributed by atoms with Crippen molar-refractivity contribution in [3.8, 4) is 11.5 Å². The molecule has 1 aromatic heterocycles. The van der Waals surface area contributed by atoms with Crippen molar-refractivity contribution >= 4 is 22.7 Å². The number of aromatic nitrogens is 1. The average molecular weight is 543 g/mol. The second kappa shape index (κ2) is 11.6. The van der Waals surface area contributed by atoms with Gasteiger partial charge in [0.1, 0.15) is 23.2 Å². The molecule has 0 saturated heterocycles. The number of nitrogens with zero attached hydrogens (tertiary/aromatic N) is 3. The van der Waals surface area contributed by atoms with Crippen molar-refractivity contribution in [2.45, 2.75) is 52.9 Å². The SMILES string of the molecule is C=C(C1CC1)N1C=CN=C(N)/C1=C(\c1ccc(Oc2cc(F)cc(CCc3cnc(C)s3)c2)cc1)C(C)CC. The molecule has 0 spiro atoms. The first-order valence-corrected chi connectivity index (χ1v) is 14.4. The summed E-state index contributed by atoms with van der Waals surface area (Å²) in [6.45, 7) is 10.7. The number of hydrogen-bond acceptors (Lipinski definition) is 6. The molecule has 0 radical (unpaired) electrons. The predicted octanol–water partition coefficient (Wildman–Crippen LogP) is 7.99. The molecular formula is C32H35FN4OS. The van der Waals surface area contributed by atoms with E-state index in [1.165, 1.54) is 10.9 Å². The summed E-state index contributed by atoms with van der Waals surface area (Å²) >= 11 is 1.67. The number of hydrogen-bond donors (Lipinski definition) is 1. The molecule has 1 fully saturated rings. The van der Waals surface area contributed by atoms with Gasteiger partial charge in [-0.15, -0.1) is 11.3 Å². The third-order valence-corrected chi connectivity index (χ3v) is 8.27. The van der Waals surface area contributed by atoms with Gasteiger partial charge in [0.2, 0.25) is 0 Å². The van der Waals surface area contributed by atoms with Gasteiger partial charge in [0.15, 0.2) is 0 Å². The molecule has 0 bridgehead atoms. The molecule has 1 aliphatic heterocycles. The highest BCUT2D eigenvalue weighted by atomic mass is 32.1. The fourth-order valence-corrected chi connectivity index (χ4v) is 5.66. The summed E-state index contributed by atoms with van der Waals surface area (Å²) in [6, 6.07) is 12.8. The number of rotatable bonds is 10. The third kappa shape index (κ3) is 6.31. The van der Waals surface area contributed by atoms with E-state index in [2.05, 4.69) is 35.3 Å². The highest BCUT2D eigenvalue weighted by Crippen LogP contribution is 2.42. The number of nitrogens with two attached hydrogens (primary N) is 1. The van der Waals surface area contributed by atoms with Crippen molar-refractivity contribution in [2.24, 2.45) is 22.6 Å².